The topological polar surface area (TPSA) is 69.6 Å². The first-order valence-electron chi connectivity index (χ1n) is 7.45. The number of thioether (sulfide) groups is 1. The predicted molar refractivity (Wildman–Crippen MR) is 90.4 cm³/mol. The molecule has 0 atom stereocenters. The second-order valence-corrected chi connectivity index (χ2v) is 5.96. The lowest BCUT2D eigenvalue weighted by Gasteiger charge is -2.17. The summed E-state index contributed by atoms with van der Waals surface area (Å²) in [6, 6.07) is 6.53. The van der Waals surface area contributed by atoms with Crippen LogP contribution in [0.25, 0.3) is 0 Å². The van der Waals surface area contributed by atoms with Gasteiger partial charge in [0.25, 0.3) is 0 Å². The minimum absolute atomic E-state index is 0.00635. The molecule has 122 valence electrons. The lowest BCUT2D eigenvalue weighted by Crippen LogP contribution is -2.27. The molecular formula is C16H24N2O3S. The summed E-state index contributed by atoms with van der Waals surface area (Å²) in [5.74, 6) is 0.462. The Bertz CT molecular complexity index is 473. The average molecular weight is 324 g/mol. The van der Waals surface area contributed by atoms with Crippen molar-refractivity contribution in [3.63, 3.8) is 0 Å². The summed E-state index contributed by atoms with van der Waals surface area (Å²) >= 11 is 1.63. The number of benzene rings is 1. The van der Waals surface area contributed by atoms with Crippen LogP contribution >= 0.6 is 11.8 Å². The van der Waals surface area contributed by atoms with Crippen molar-refractivity contribution in [3.05, 3.63) is 35.4 Å². The summed E-state index contributed by atoms with van der Waals surface area (Å²) in [5.41, 5.74) is 1.15. The molecular weight excluding hydrogens is 300 g/mol. The molecule has 0 aliphatic carbocycles. The maximum atomic E-state index is 11.7. The number of aromatic carboxylic acids is 1. The molecule has 0 bridgehead atoms. The van der Waals surface area contributed by atoms with Gasteiger partial charge in [-0.15, -0.1) is 0 Å². The summed E-state index contributed by atoms with van der Waals surface area (Å²) in [7, 11) is 0. The quantitative estimate of drug-likeness (QED) is 0.645. The van der Waals surface area contributed by atoms with Crippen molar-refractivity contribution < 1.29 is 14.7 Å². The number of nitrogens with one attached hydrogen (secondary N) is 1. The average Bonchev–Trinajstić information content (AvgIpc) is 2.53. The first-order valence-corrected chi connectivity index (χ1v) is 8.61. The van der Waals surface area contributed by atoms with Gasteiger partial charge in [-0.2, -0.15) is 11.8 Å². The lowest BCUT2D eigenvalue weighted by atomic mass is 10.1. The SMILES string of the molecule is CCN(CC)CCSCC(=O)NCc1ccc(C(=O)O)cc1. The van der Waals surface area contributed by atoms with Crippen molar-refractivity contribution in [1.82, 2.24) is 10.2 Å². The van der Waals surface area contributed by atoms with Crippen molar-refractivity contribution in [3.8, 4) is 0 Å². The molecule has 0 radical (unpaired) electrons. The molecule has 1 amide bonds. The van der Waals surface area contributed by atoms with E-state index in [0.717, 1.165) is 31.0 Å². The Labute approximate surface area is 136 Å². The van der Waals surface area contributed by atoms with Crippen LogP contribution in [0.4, 0.5) is 0 Å². The third kappa shape index (κ3) is 6.95. The van der Waals surface area contributed by atoms with E-state index in [0.29, 0.717) is 12.3 Å². The fraction of sp³-hybridized carbons (Fsp3) is 0.500. The van der Waals surface area contributed by atoms with E-state index in [-0.39, 0.29) is 11.5 Å². The van der Waals surface area contributed by atoms with Crippen LogP contribution in [-0.2, 0) is 11.3 Å². The number of carbonyl (C=O) groups is 2. The van der Waals surface area contributed by atoms with Gasteiger partial charge in [0.15, 0.2) is 0 Å². The van der Waals surface area contributed by atoms with E-state index in [9.17, 15) is 9.59 Å². The van der Waals surface area contributed by atoms with E-state index in [1.807, 2.05) is 0 Å². The first kappa shape index (κ1) is 18.5. The number of nitrogens with zero attached hydrogens (tertiary/aromatic N) is 1. The molecule has 0 saturated heterocycles. The van der Waals surface area contributed by atoms with Crippen LogP contribution in [0.3, 0.4) is 0 Å². The van der Waals surface area contributed by atoms with Crippen molar-refractivity contribution >= 4 is 23.6 Å². The number of carbonyl (C=O) groups excluding carboxylic acids is 1. The molecule has 0 unspecified atom stereocenters. The molecule has 0 aliphatic heterocycles. The van der Waals surface area contributed by atoms with Crippen LogP contribution in [0.15, 0.2) is 24.3 Å². The Balaban J connectivity index is 2.21. The van der Waals surface area contributed by atoms with Crippen molar-refractivity contribution in [2.24, 2.45) is 0 Å². The number of carboxylic acids is 1. The van der Waals surface area contributed by atoms with Gasteiger partial charge in [-0.25, -0.2) is 4.79 Å². The normalized spacial score (nSPS) is 10.7. The number of hydrogen-bond acceptors (Lipinski definition) is 4. The van der Waals surface area contributed by atoms with E-state index in [4.69, 9.17) is 5.11 Å². The van der Waals surface area contributed by atoms with Gasteiger partial charge in [0.05, 0.1) is 11.3 Å². The van der Waals surface area contributed by atoms with E-state index in [1.165, 1.54) is 0 Å². The molecule has 0 fully saturated rings. The Morgan fingerprint density at radius 3 is 2.36 bits per heavy atom. The summed E-state index contributed by atoms with van der Waals surface area (Å²) in [6.45, 7) is 7.77. The number of rotatable bonds is 10. The summed E-state index contributed by atoms with van der Waals surface area (Å²) < 4.78 is 0. The van der Waals surface area contributed by atoms with Gasteiger partial charge in [0.1, 0.15) is 0 Å². The van der Waals surface area contributed by atoms with Crippen LogP contribution in [0, 0.1) is 0 Å². The van der Waals surface area contributed by atoms with E-state index < -0.39 is 5.97 Å². The molecule has 6 heteroatoms. The van der Waals surface area contributed by atoms with Gasteiger partial charge in [0, 0.05) is 18.8 Å². The summed E-state index contributed by atoms with van der Waals surface area (Å²) in [4.78, 5) is 24.8. The molecule has 0 aromatic heterocycles. The van der Waals surface area contributed by atoms with Crippen LogP contribution in [0.5, 0.6) is 0 Å². The maximum Gasteiger partial charge on any atom is 0.335 e. The Kier molecular flexibility index (Phi) is 8.62. The molecule has 0 spiro atoms. The van der Waals surface area contributed by atoms with E-state index in [1.54, 1.807) is 36.0 Å². The molecule has 1 rings (SSSR count). The monoisotopic (exact) mass is 324 g/mol. The number of carboxylic acid groups (broad SMARTS) is 1. The maximum absolute atomic E-state index is 11.7. The summed E-state index contributed by atoms with van der Waals surface area (Å²) in [6.07, 6.45) is 0. The second-order valence-electron chi connectivity index (χ2n) is 4.86. The minimum atomic E-state index is -0.944. The molecule has 5 nitrogen and oxygen atoms in total. The predicted octanol–water partition coefficient (Wildman–Crippen LogP) is 2.08. The molecule has 22 heavy (non-hydrogen) atoms. The number of hydrogen-bond donors (Lipinski definition) is 2. The Hall–Kier alpha value is -1.53. The zero-order valence-electron chi connectivity index (χ0n) is 13.2. The molecule has 1 aromatic rings. The molecule has 0 heterocycles. The third-order valence-corrected chi connectivity index (χ3v) is 4.31. The second kappa shape index (κ2) is 10.2. The van der Waals surface area contributed by atoms with Crippen molar-refractivity contribution in [1.29, 1.82) is 0 Å². The summed E-state index contributed by atoms with van der Waals surface area (Å²) in [5, 5.41) is 11.7. The van der Waals surface area contributed by atoms with E-state index in [2.05, 4.69) is 24.1 Å². The van der Waals surface area contributed by atoms with Crippen LogP contribution in [-0.4, -0.2) is 53.0 Å². The van der Waals surface area contributed by atoms with Crippen LogP contribution in [0.1, 0.15) is 29.8 Å². The van der Waals surface area contributed by atoms with Crippen LogP contribution < -0.4 is 5.32 Å². The molecule has 1 aromatic carbocycles. The van der Waals surface area contributed by atoms with Gasteiger partial charge in [0.2, 0.25) is 5.91 Å². The van der Waals surface area contributed by atoms with Crippen molar-refractivity contribution in [2.45, 2.75) is 20.4 Å². The van der Waals surface area contributed by atoms with Gasteiger partial charge < -0.3 is 15.3 Å². The smallest absolute Gasteiger partial charge is 0.335 e. The Morgan fingerprint density at radius 1 is 1.18 bits per heavy atom. The van der Waals surface area contributed by atoms with E-state index >= 15 is 0 Å². The lowest BCUT2D eigenvalue weighted by molar-refractivity contribution is -0.118. The highest BCUT2D eigenvalue weighted by Gasteiger charge is 2.05. The first-order chi connectivity index (χ1) is 10.6. The van der Waals surface area contributed by atoms with Gasteiger partial charge >= 0.3 is 5.97 Å². The zero-order chi connectivity index (χ0) is 16.4. The highest BCUT2D eigenvalue weighted by Crippen LogP contribution is 2.05. The number of amides is 1. The highest BCUT2D eigenvalue weighted by molar-refractivity contribution is 7.99. The molecule has 0 saturated carbocycles. The van der Waals surface area contributed by atoms with Gasteiger partial charge in [-0.3, -0.25) is 4.79 Å². The largest absolute Gasteiger partial charge is 0.478 e. The zero-order valence-corrected chi connectivity index (χ0v) is 14.0. The van der Waals surface area contributed by atoms with Crippen molar-refractivity contribution in [2.75, 3.05) is 31.1 Å². The van der Waals surface area contributed by atoms with Gasteiger partial charge in [-0.05, 0) is 30.8 Å². The van der Waals surface area contributed by atoms with Crippen LogP contribution in [0.2, 0.25) is 0 Å². The fourth-order valence-electron chi connectivity index (χ4n) is 1.92. The molecule has 0 aliphatic rings. The third-order valence-electron chi connectivity index (χ3n) is 3.37. The minimum Gasteiger partial charge on any atom is -0.478 e. The van der Waals surface area contributed by atoms with Gasteiger partial charge in [-0.1, -0.05) is 26.0 Å². The molecule has 2 N–H and O–H groups in total. The fourth-order valence-corrected chi connectivity index (χ4v) is 2.73. The Morgan fingerprint density at radius 2 is 1.82 bits per heavy atom. The highest BCUT2D eigenvalue weighted by atomic mass is 32.2. The standard InChI is InChI=1S/C16H24N2O3S/c1-3-18(4-2)9-10-22-12-15(19)17-11-13-5-7-14(8-6-13)16(20)21/h5-8H,3-4,9-12H2,1-2H3,(H,17,19)(H,20,21).